The summed E-state index contributed by atoms with van der Waals surface area (Å²) in [4.78, 5) is 0. The topological polar surface area (TPSA) is 318 Å². The summed E-state index contributed by atoms with van der Waals surface area (Å²) in [6.07, 6.45) is -17.3. The average Bonchev–Trinajstić information content (AvgIpc) is 3.54. The summed E-state index contributed by atoms with van der Waals surface area (Å²) in [5, 5.41) is 139. The molecule has 0 radical (unpaired) electrons. The largest absolute Gasteiger partial charge is 0.394 e. The molecule has 0 aromatic carbocycles. The van der Waals surface area contributed by atoms with Crippen molar-refractivity contribution in [1.29, 1.82) is 0 Å². The molecule has 19 nitrogen and oxygen atoms in total. The summed E-state index contributed by atoms with van der Waals surface area (Å²) in [6.45, 7) is 14.5. The Kier molecular flexibility index (Phi) is 15.9. The minimum Gasteiger partial charge on any atom is -0.394 e. The van der Waals surface area contributed by atoms with Crippen molar-refractivity contribution in [2.45, 2.75) is 223 Å². The van der Waals surface area contributed by atoms with Gasteiger partial charge in [-0.15, -0.1) is 0 Å². The van der Waals surface area contributed by atoms with Gasteiger partial charge in [-0.1, -0.05) is 53.2 Å². The molecule has 6 fully saturated rings. The lowest BCUT2D eigenvalue weighted by Crippen LogP contribution is -2.65. The van der Waals surface area contributed by atoms with Crippen molar-refractivity contribution in [3.05, 3.63) is 11.6 Å². The Hall–Kier alpha value is -1.02. The Labute approximate surface area is 393 Å². The zero-order chi connectivity index (χ0) is 49.5. The molecule has 7 aliphatic rings. The molecule has 25 atom stereocenters. The van der Waals surface area contributed by atoms with Gasteiger partial charge in [0.05, 0.1) is 43.7 Å². The van der Waals surface area contributed by atoms with Gasteiger partial charge in [-0.3, -0.25) is 0 Å². The Morgan fingerprint density at radius 2 is 1.18 bits per heavy atom. The fourth-order valence-corrected chi connectivity index (χ4v) is 14.2. The van der Waals surface area contributed by atoms with E-state index in [1.807, 2.05) is 0 Å². The molecule has 3 saturated heterocycles. The number of aliphatic hydroxyl groups excluding tert-OH is 12. The van der Waals surface area contributed by atoms with Crippen LogP contribution in [-0.2, 0) is 28.4 Å². The van der Waals surface area contributed by atoms with Gasteiger partial charge in [0.1, 0.15) is 73.2 Å². The van der Waals surface area contributed by atoms with Crippen LogP contribution in [0.15, 0.2) is 11.6 Å². The fraction of sp³-hybridized carbons (Fsp3) is 0.958. The van der Waals surface area contributed by atoms with Crippen LogP contribution in [0.3, 0.4) is 0 Å². The maximum absolute atomic E-state index is 12.6. The van der Waals surface area contributed by atoms with Crippen LogP contribution in [0.1, 0.15) is 107 Å². The van der Waals surface area contributed by atoms with Crippen LogP contribution < -0.4 is 0 Å². The second-order valence-electron chi connectivity index (χ2n) is 23.0. The zero-order valence-electron chi connectivity index (χ0n) is 40.3. The van der Waals surface area contributed by atoms with Crippen molar-refractivity contribution in [3.63, 3.8) is 0 Å². The molecule has 4 aliphatic carbocycles. The summed E-state index contributed by atoms with van der Waals surface area (Å²) in [7, 11) is 0. The first-order valence-electron chi connectivity index (χ1n) is 24.5. The highest BCUT2D eigenvalue weighted by atomic mass is 16.8. The lowest BCUT2D eigenvalue weighted by Gasteiger charge is -2.67. The Morgan fingerprint density at radius 3 is 1.72 bits per heavy atom. The van der Waals surface area contributed by atoms with E-state index in [4.69, 9.17) is 28.4 Å². The smallest absolute Gasteiger partial charge is 0.187 e. The van der Waals surface area contributed by atoms with Gasteiger partial charge in [0.2, 0.25) is 0 Å². The first-order chi connectivity index (χ1) is 31.2. The van der Waals surface area contributed by atoms with E-state index >= 15 is 0 Å². The fourth-order valence-electron chi connectivity index (χ4n) is 14.2. The van der Waals surface area contributed by atoms with Crippen molar-refractivity contribution in [2.75, 3.05) is 19.8 Å². The summed E-state index contributed by atoms with van der Waals surface area (Å²) < 4.78 is 35.9. The molecule has 3 aliphatic heterocycles. The van der Waals surface area contributed by atoms with Crippen LogP contribution >= 0.6 is 0 Å². The van der Waals surface area contributed by atoms with Crippen molar-refractivity contribution in [3.8, 4) is 0 Å². The molecule has 0 amide bonds. The second-order valence-corrected chi connectivity index (χ2v) is 23.0. The van der Waals surface area contributed by atoms with Gasteiger partial charge < -0.3 is 94.8 Å². The molecular weight excluding hydrogens is 881 g/mol. The third-order valence-electron chi connectivity index (χ3n) is 18.7. The number of hydrogen-bond acceptors (Lipinski definition) is 19. The van der Waals surface area contributed by atoms with E-state index < -0.39 is 147 Å². The molecule has 0 aromatic heterocycles. The Balaban J connectivity index is 1.06. The summed E-state index contributed by atoms with van der Waals surface area (Å²) in [5.74, 6) is 0.476. The quantitative estimate of drug-likeness (QED) is 0.0924. The van der Waals surface area contributed by atoms with Crippen molar-refractivity contribution >= 4 is 0 Å². The van der Waals surface area contributed by atoms with Gasteiger partial charge in [-0.25, -0.2) is 0 Å². The van der Waals surface area contributed by atoms with Crippen LogP contribution in [-0.4, -0.2) is 202 Å². The van der Waals surface area contributed by atoms with E-state index in [0.29, 0.717) is 25.7 Å². The van der Waals surface area contributed by atoms with Gasteiger partial charge in [-0.05, 0) is 99.7 Å². The summed E-state index contributed by atoms with van der Waals surface area (Å²) in [5.41, 5.74) is -1.70. The highest BCUT2D eigenvalue weighted by molar-refractivity contribution is 5.32. The van der Waals surface area contributed by atoms with Crippen molar-refractivity contribution in [1.82, 2.24) is 0 Å². The van der Waals surface area contributed by atoms with E-state index in [0.717, 1.165) is 25.7 Å². The standard InChI is InChI=1S/C48H82O19/c1-21(9-13-31(45(4,5)61)66-43-40(37(58)34(55)27(20-51)64-43)67-42-39(60)36(57)33(54)26(19-50)63-42)22-15-16-46(6)28-12-10-23-24(48(28,8)29(52)17-47(22,46)7)11-14-30(44(23,2)3)65-41-38(59)35(56)32(53)25(18-49)62-41/h10,21-22,24-43,49-61H,9,11-20H2,1-8H3/t21-,22-,24?,25-,26-,27-,28+,29-,30+,31-,32-,33-,34-,35+,36+,37+,38-,39-,40-,41+,42+,43+,46+,47-,48+/m1/s1. The molecule has 388 valence electrons. The lowest BCUT2D eigenvalue weighted by atomic mass is 9.38. The van der Waals surface area contributed by atoms with Gasteiger partial charge in [0.15, 0.2) is 18.9 Å². The summed E-state index contributed by atoms with van der Waals surface area (Å²) >= 11 is 0. The van der Waals surface area contributed by atoms with E-state index in [1.165, 1.54) is 5.57 Å². The predicted octanol–water partition coefficient (Wildman–Crippen LogP) is -1.06. The van der Waals surface area contributed by atoms with E-state index in [1.54, 1.807) is 13.8 Å². The molecule has 19 heteroatoms. The van der Waals surface area contributed by atoms with Crippen LogP contribution in [0, 0.1) is 45.3 Å². The van der Waals surface area contributed by atoms with Gasteiger partial charge in [0, 0.05) is 10.8 Å². The van der Waals surface area contributed by atoms with Gasteiger partial charge in [0.25, 0.3) is 0 Å². The SMILES string of the molecule is C[C@H](CC[C@@H](O[C@@H]1O[C@H](CO)[C@@H](O)[C@H](O)[C@H]1O[C@@H]1O[C@H](CO)[C@@H](O)[C@H](O)[C@H]1O)C(C)(C)O)[C@H]1CC[C@@]2(C)[C@@H]3CC=C4C(CC[C@H](O[C@@H]5O[C@H](CO)[C@@H](O)[C@H](O)[C@H]5O)C4(C)C)[C@]3(C)[C@H](O)C[C@]12C. The monoisotopic (exact) mass is 963 g/mol. The van der Waals surface area contributed by atoms with Crippen LogP contribution in [0.4, 0.5) is 0 Å². The number of hydrogen-bond donors (Lipinski definition) is 13. The average molecular weight is 963 g/mol. The molecule has 3 saturated carbocycles. The zero-order valence-corrected chi connectivity index (χ0v) is 40.3. The Morgan fingerprint density at radius 1 is 0.657 bits per heavy atom. The first kappa shape index (κ1) is 53.8. The molecule has 0 bridgehead atoms. The normalized spacial score (nSPS) is 51.0. The van der Waals surface area contributed by atoms with Crippen molar-refractivity contribution in [2.24, 2.45) is 45.3 Å². The third-order valence-corrected chi connectivity index (χ3v) is 18.7. The van der Waals surface area contributed by atoms with Crippen LogP contribution in [0.5, 0.6) is 0 Å². The van der Waals surface area contributed by atoms with Gasteiger partial charge >= 0.3 is 0 Å². The molecular formula is C48H82O19. The maximum atomic E-state index is 12.6. The Bertz CT molecular complexity index is 1710. The van der Waals surface area contributed by atoms with Crippen molar-refractivity contribution < 1.29 is 94.8 Å². The lowest BCUT2D eigenvalue weighted by molar-refractivity contribution is -0.375. The number of rotatable bonds is 14. The summed E-state index contributed by atoms with van der Waals surface area (Å²) in [6, 6.07) is 0. The predicted molar refractivity (Wildman–Crippen MR) is 235 cm³/mol. The van der Waals surface area contributed by atoms with Crippen LogP contribution in [0.25, 0.3) is 0 Å². The number of allylic oxidation sites excluding steroid dienone is 1. The number of ether oxygens (including phenoxy) is 6. The van der Waals surface area contributed by atoms with E-state index in [9.17, 15) is 66.4 Å². The third kappa shape index (κ3) is 9.13. The number of fused-ring (bicyclic) bond motifs is 5. The number of aliphatic hydroxyl groups is 13. The minimum absolute atomic E-state index is 0.0500. The molecule has 0 spiro atoms. The molecule has 67 heavy (non-hydrogen) atoms. The molecule has 0 aromatic rings. The molecule has 1 unspecified atom stereocenters. The molecule has 7 rings (SSSR count). The maximum Gasteiger partial charge on any atom is 0.187 e. The minimum atomic E-state index is -1.83. The highest BCUT2D eigenvalue weighted by Crippen LogP contribution is 2.75. The highest BCUT2D eigenvalue weighted by Gasteiger charge is 2.70. The van der Waals surface area contributed by atoms with E-state index in [-0.39, 0.29) is 34.5 Å². The first-order valence-corrected chi connectivity index (χ1v) is 24.5. The molecule has 3 heterocycles. The van der Waals surface area contributed by atoms with E-state index in [2.05, 4.69) is 47.6 Å². The second kappa shape index (κ2) is 19.8. The molecule has 13 N–H and O–H groups in total. The van der Waals surface area contributed by atoms with Gasteiger partial charge in [-0.2, -0.15) is 0 Å². The van der Waals surface area contributed by atoms with Crippen LogP contribution in [0.2, 0.25) is 0 Å².